The first-order valence-electron chi connectivity index (χ1n) is 10.6. The molecule has 1 aromatic carbocycles. The molecular weight excluding hydrogens is 490 g/mol. The van der Waals surface area contributed by atoms with Gasteiger partial charge in [0.25, 0.3) is 11.1 Å². The van der Waals surface area contributed by atoms with E-state index in [-0.39, 0.29) is 18.6 Å². The van der Waals surface area contributed by atoms with Crippen molar-refractivity contribution in [3.63, 3.8) is 0 Å². The van der Waals surface area contributed by atoms with E-state index in [9.17, 15) is 19.2 Å². The van der Waals surface area contributed by atoms with Gasteiger partial charge >= 0.3 is 5.69 Å². The summed E-state index contributed by atoms with van der Waals surface area (Å²) in [7, 11) is 0. The second kappa shape index (κ2) is 9.32. The molecule has 176 valence electrons. The number of benzene rings is 1. The molecule has 4 heterocycles. The van der Waals surface area contributed by atoms with Crippen molar-refractivity contribution in [2.24, 2.45) is 0 Å². The number of fused-ring (bicyclic) bond motifs is 2. The summed E-state index contributed by atoms with van der Waals surface area (Å²) >= 11 is 7.31. The van der Waals surface area contributed by atoms with Crippen LogP contribution in [0.25, 0.3) is 15.9 Å². The lowest BCUT2D eigenvalue weighted by atomic mass is 10.2. The van der Waals surface area contributed by atoms with Gasteiger partial charge in [-0.2, -0.15) is 0 Å². The van der Waals surface area contributed by atoms with Gasteiger partial charge in [0.1, 0.15) is 16.9 Å². The van der Waals surface area contributed by atoms with Crippen molar-refractivity contribution in [3.05, 3.63) is 114 Å². The zero-order chi connectivity index (χ0) is 24.5. The molecule has 9 nitrogen and oxygen atoms in total. The van der Waals surface area contributed by atoms with Crippen LogP contribution in [0.5, 0.6) is 0 Å². The Morgan fingerprint density at radius 2 is 1.83 bits per heavy atom. The Bertz CT molecular complexity index is 1770. The fourth-order valence-corrected chi connectivity index (χ4v) is 4.85. The number of rotatable bonds is 6. The van der Waals surface area contributed by atoms with Gasteiger partial charge in [-0.05, 0) is 35.2 Å². The summed E-state index contributed by atoms with van der Waals surface area (Å²) in [6, 6.07) is 15.3. The largest absolute Gasteiger partial charge is 0.350 e. The highest BCUT2D eigenvalue weighted by Crippen LogP contribution is 2.16. The van der Waals surface area contributed by atoms with E-state index in [1.54, 1.807) is 60.1 Å². The van der Waals surface area contributed by atoms with Crippen molar-refractivity contribution in [3.8, 4) is 0 Å². The smallest absolute Gasteiger partial charge is 0.332 e. The minimum atomic E-state index is -0.663. The van der Waals surface area contributed by atoms with E-state index < -0.39 is 23.7 Å². The second-order valence-corrected chi connectivity index (χ2v) is 9.10. The van der Waals surface area contributed by atoms with E-state index >= 15 is 0 Å². The van der Waals surface area contributed by atoms with Gasteiger partial charge in [-0.3, -0.25) is 23.4 Å². The standard InChI is InChI=1S/C24H18ClN5O4S/c25-17-6-2-1-5-15(17)12-26-20(31)14-30-23(33)22-18(8-10-35-22)29(24(30)34)13-16-11-21(32)28-9-4-3-7-19(28)27-16/h1-11H,12-14H2,(H,26,31). The quantitative estimate of drug-likeness (QED) is 0.379. The number of thiophene rings is 1. The molecule has 5 aromatic rings. The Morgan fingerprint density at radius 1 is 1.03 bits per heavy atom. The Labute approximate surface area is 206 Å². The van der Waals surface area contributed by atoms with Crippen molar-refractivity contribution < 1.29 is 4.79 Å². The van der Waals surface area contributed by atoms with Crippen LogP contribution in [0.1, 0.15) is 11.3 Å². The SMILES string of the molecule is O=C(Cn1c(=O)c2sccc2n(Cc2cc(=O)n3ccccc3n2)c1=O)NCc1ccccc1Cl. The summed E-state index contributed by atoms with van der Waals surface area (Å²) in [5.41, 5.74) is 0.454. The molecule has 5 rings (SSSR count). The van der Waals surface area contributed by atoms with Crippen molar-refractivity contribution in [1.29, 1.82) is 0 Å². The summed E-state index contributed by atoms with van der Waals surface area (Å²) < 4.78 is 3.99. The molecule has 0 bridgehead atoms. The Hall–Kier alpha value is -4.02. The minimum absolute atomic E-state index is 0.0335. The van der Waals surface area contributed by atoms with Crippen molar-refractivity contribution in [1.82, 2.24) is 23.8 Å². The number of amides is 1. The van der Waals surface area contributed by atoms with Crippen molar-refractivity contribution in [2.75, 3.05) is 0 Å². The molecule has 11 heteroatoms. The topological polar surface area (TPSA) is 107 Å². The Morgan fingerprint density at radius 3 is 2.66 bits per heavy atom. The molecule has 0 aliphatic carbocycles. The summed E-state index contributed by atoms with van der Waals surface area (Å²) in [6.07, 6.45) is 1.61. The molecule has 0 saturated carbocycles. The van der Waals surface area contributed by atoms with E-state index in [1.165, 1.54) is 26.4 Å². The lowest BCUT2D eigenvalue weighted by molar-refractivity contribution is -0.121. The Balaban J connectivity index is 1.49. The predicted octanol–water partition coefficient (Wildman–Crippen LogP) is 2.25. The average Bonchev–Trinajstić information content (AvgIpc) is 3.34. The van der Waals surface area contributed by atoms with E-state index in [0.717, 1.165) is 10.1 Å². The van der Waals surface area contributed by atoms with Gasteiger partial charge < -0.3 is 5.32 Å². The Kier molecular flexibility index (Phi) is 6.06. The molecule has 4 aromatic heterocycles. The first-order valence-corrected chi connectivity index (χ1v) is 11.9. The van der Waals surface area contributed by atoms with E-state index in [4.69, 9.17) is 11.6 Å². The van der Waals surface area contributed by atoms with Crippen molar-refractivity contribution >= 4 is 44.7 Å². The molecule has 35 heavy (non-hydrogen) atoms. The zero-order valence-electron chi connectivity index (χ0n) is 18.2. The number of nitrogens with zero attached hydrogens (tertiary/aromatic N) is 4. The lowest BCUT2D eigenvalue weighted by Gasteiger charge is -2.13. The first kappa shape index (κ1) is 22.8. The number of aromatic nitrogens is 4. The number of nitrogens with one attached hydrogen (secondary N) is 1. The van der Waals surface area contributed by atoms with Gasteiger partial charge in [0.2, 0.25) is 5.91 Å². The minimum Gasteiger partial charge on any atom is -0.350 e. The number of carbonyl (C=O) groups is 1. The summed E-state index contributed by atoms with van der Waals surface area (Å²) in [6.45, 7) is -0.328. The van der Waals surface area contributed by atoms with Gasteiger partial charge in [-0.25, -0.2) is 14.3 Å². The van der Waals surface area contributed by atoms with Gasteiger partial charge in [0.05, 0.1) is 17.8 Å². The van der Waals surface area contributed by atoms with Crippen LogP contribution in [0.4, 0.5) is 0 Å². The van der Waals surface area contributed by atoms with Crippen LogP contribution in [-0.4, -0.2) is 24.4 Å². The van der Waals surface area contributed by atoms with E-state index in [1.807, 2.05) is 0 Å². The average molecular weight is 508 g/mol. The summed E-state index contributed by atoms with van der Waals surface area (Å²) in [5.74, 6) is -0.506. The van der Waals surface area contributed by atoms with Crippen LogP contribution < -0.4 is 22.1 Å². The summed E-state index contributed by atoms with van der Waals surface area (Å²) in [4.78, 5) is 55.9. The van der Waals surface area contributed by atoms with Gasteiger partial charge in [0.15, 0.2) is 0 Å². The number of carbonyl (C=O) groups excluding carboxylic acids is 1. The third-order valence-electron chi connectivity index (χ3n) is 5.52. The first-order chi connectivity index (χ1) is 16.9. The highest BCUT2D eigenvalue weighted by molar-refractivity contribution is 7.17. The molecular formula is C24H18ClN5O4S. The molecule has 0 saturated heterocycles. The zero-order valence-corrected chi connectivity index (χ0v) is 19.8. The van der Waals surface area contributed by atoms with Crippen LogP contribution in [0, 0.1) is 0 Å². The lowest BCUT2D eigenvalue weighted by Crippen LogP contribution is -2.43. The molecule has 0 unspecified atom stereocenters. The molecule has 0 atom stereocenters. The number of pyridine rings is 1. The highest BCUT2D eigenvalue weighted by atomic mass is 35.5. The van der Waals surface area contributed by atoms with Crippen LogP contribution in [0.3, 0.4) is 0 Å². The molecule has 0 radical (unpaired) electrons. The number of halogens is 1. The molecule has 1 amide bonds. The van der Waals surface area contributed by atoms with Gasteiger partial charge in [-0.1, -0.05) is 35.9 Å². The van der Waals surface area contributed by atoms with Gasteiger partial charge in [0, 0.05) is 23.8 Å². The van der Waals surface area contributed by atoms with E-state index in [2.05, 4.69) is 10.3 Å². The van der Waals surface area contributed by atoms with Crippen molar-refractivity contribution in [2.45, 2.75) is 19.6 Å². The molecule has 0 fully saturated rings. The van der Waals surface area contributed by atoms with Crippen LogP contribution in [-0.2, 0) is 24.4 Å². The summed E-state index contributed by atoms with van der Waals surface area (Å²) in [5, 5.41) is 4.90. The molecule has 0 aliphatic rings. The second-order valence-electron chi connectivity index (χ2n) is 7.78. The predicted molar refractivity (Wildman–Crippen MR) is 134 cm³/mol. The maximum atomic E-state index is 13.3. The fourth-order valence-electron chi connectivity index (χ4n) is 3.81. The highest BCUT2D eigenvalue weighted by Gasteiger charge is 2.17. The molecule has 1 N–H and O–H groups in total. The molecule has 0 aliphatic heterocycles. The third kappa shape index (κ3) is 4.41. The van der Waals surface area contributed by atoms with E-state index in [0.29, 0.717) is 26.6 Å². The molecule has 0 spiro atoms. The van der Waals surface area contributed by atoms with Crippen LogP contribution in [0.2, 0.25) is 5.02 Å². The van der Waals surface area contributed by atoms with Gasteiger partial charge in [-0.15, -0.1) is 11.3 Å². The number of hydrogen-bond acceptors (Lipinski definition) is 6. The fraction of sp³-hybridized carbons (Fsp3) is 0.125. The maximum absolute atomic E-state index is 13.3. The monoisotopic (exact) mass is 507 g/mol. The maximum Gasteiger partial charge on any atom is 0.332 e. The number of hydrogen-bond donors (Lipinski definition) is 1. The normalized spacial score (nSPS) is 11.2. The van der Waals surface area contributed by atoms with Crippen LogP contribution in [0.15, 0.2) is 80.6 Å². The third-order valence-corrected chi connectivity index (χ3v) is 6.78. The van der Waals surface area contributed by atoms with Crippen LogP contribution >= 0.6 is 22.9 Å².